The van der Waals surface area contributed by atoms with Crippen molar-refractivity contribution in [2.45, 2.75) is 82.3 Å². The number of alkyl halides is 7. The van der Waals surface area contributed by atoms with Gasteiger partial charge in [-0.2, -0.15) is 26.3 Å². The summed E-state index contributed by atoms with van der Waals surface area (Å²) in [6.07, 6.45) is -6.82. The van der Waals surface area contributed by atoms with E-state index in [1.165, 1.54) is 18.3 Å². The molecule has 19 nitrogen and oxygen atoms in total. The Hall–Kier alpha value is -6.09. The highest BCUT2D eigenvalue weighted by atomic mass is 35.5. The molecule has 1 fully saturated rings. The van der Waals surface area contributed by atoms with Gasteiger partial charge in [0.25, 0.3) is 0 Å². The molecule has 2 atom stereocenters. The van der Waals surface area contributed by atoms with Crippen molar-refractivity contribution >= 4 is 87.5 Å². The molecule has 1 amide bonds. The number of hydrogen-bond donors (Lipinski definition) is 5. The topological polar surface area (TPSA) is 286 Å². The number of anilines is 1. The molecule has 6 rings (SSSR count). The number of benzene rings is 4. The number of para-hydroxylation sites is 1. The number of hydrogen-bond acceptors (Lipinski definition) is 14. The predicted molar refractivity (Wildman–Crippen MR) is 280 cm³/mol. The van der Waals surface area contributed by atoms with E-state index in [2.05, 4.69) is 23.5 Å². The molecular weight excluding hydrogens is 1180 g/mol. The first-order valence-electron chi connectivity index (χ1n) is 23.2. The van der Waals surface area contributed by atoms with Crippen LogP contribution in [0.15, 0.2) is 88.4 Å². The van der Waals surface area contributed by atoms with Crippen LogP contribution in [0.5, 0.6) is 11.5 Å². The predicted octanol–water partition coefficient (Wildman–Crippen LogP) is 10.6. The molecule has 1 aliphatic carbocycles. The Morgan fingerprint density at radius 1 is 0.887 bits per heavy atom. The van der Waals surface area contributed by atoms with Gasteiger partial charge in [0.2, 0.25) is 5.91 Å². The van der Waals surface area contributed by atoms with Crippen LogP contribution in [0.3, 0.4) is 0 Å². The molecule has 4 aromatic carbocycles. The third kappa shape index (κ3) is 20.8. The second kappa shape index (κ2) is 29.6. The van der Waals surface area contributed by atoms with Gasteiger partial charge in [0.15, 0.2) is 27.5 Å². The fraction of sp³-hybridized carbons (Fsp3) is 0.360. The van der Waals surface area contributed by atoms with Crippen molar-refractivity contribution in [3.8, 4) is 11.5 Å². The molecule has 5 N–H and O–H groups in total. The molecule has 0 aliphatic heterocycles. The summed E-state index contributed by atoms with van der Waals surface area (Å²) in [5.74, 6) is -3.97. The minimum atomic E-state index is -4.71. The van der Waals surface area contributed by atoms with Gasteiger partial charge in [-0.25, -0.2) is 18.0 Å². The summed E-state index contributed by atoms with van der Waals surface area (Å²) in [4.78, 5) is 74.9. The van der Waals surface area contributed by atoms with E-state index >= 15 is 0 Å². The van der Waals surface area contributed by atoms with Gasteiger partial charge in [-0.3, -0.25) is 24.3 Å². The lowest BCUT2D eigenvalue weighted by atomic mass is 10.0. The number of amides is 1. The van der Waals surface area contributed by atoms with E-state index in [1.54, 1.807) is 12.0 Å². The van der Waals surface area contributed by atoms with Crippen molar-refractivity contribution < 1.29 is 102 Å². The zero-order chi connectivity index (χ0) is 60.7. The first kappa shape index (κ1) is 68.2. The van der Waals surface area contributed by atoms with Crippen molar-refractivity contribution in [1.29, 1.82) is 0 Å². The maximum absolute atomic E-state index is 12.8. The Balaban J connectivity index is 0.000000294. The first-order valence-corrected chi connectivity index (χ1v) is 28.1. The van der Waals surface area contributed by atoms with Gasteiger partial charge in [-0.15, -0.1) is 11.6 Å². The number of carbonyl (C=O) groups is 5. The van der Waals surface area contributed by atoms with Gasteiger partial charge in [-0.1, -0.05) is 53.5 Å². The lowest BCUT2D eigenvalue weighted by molar-refractivity contribution is -0.146. The fourth-order valence-corrected chi connectivity index (χ4v) is 8.76. The summed E-state index contributed by atoms with van der Waals surface area (Å²) in [5.41, 5.74) is 0.723. The minimum absolute atomic E-state index is 0.0223. The number of methoxy groups -OCH3 is 1. The molecule has 30 heteroatoms. The van der Waals surface area contributed by atoms with Gasteiger partial charge in [-0.05, 0) is 106 Å². The molecule has 0 saturated heterocycles. The molecule has 0 spiro atoms. The van der Waals surface area contributed by atoms with Crippen LogP contribution in [-0.2, 0) is 57.0 Å². The zero-order valence-corrected chi connectivity index (χ0v) is 47.0. The Labute approximate surface area is 469 Å². The minimum Gasteiger partial charge on any atom is -0.480 e. The summed E-state index contributed by atoms with van der Waals surface area (Å²) >= 11 is 17.5. The molecule has 438 valence electrons. The van der Waals surface area contributed by atoms with E-state index in [9.17, 15) is 63.3 Å². The van der Waals surface area contributed by atoms with Crippen molar-refractivity contribution in [1.82, 2.24) is 10.5 Å². The van der Waals surface area contributed by atoms with Crippen molar-refractivity contribution in [2.75, 3.05) is 43.6 Å². The molecule has 0 bridgehead atoms. The van der Waals surface area contributed by atoms with Crippen LogP contribution in [0, 0.1) is 6.92 Å². The normalized spacial score (nSPS) is 13.2. The van der Waals surface area contributed by atoms with Crippen LogP contribution >= 0.6 is 42.4 Å². The largest absolute Gasteiger partial charge is 0.480 e. The van der Waals surface area contributed by atoms with Gasteiger partial charge in [0.1, 0.15) is 17.4 Å². The average Bonchev–Trinajstić information content (AvgIpc) is 4.09. The van der Waals surface area contributed by atoms with Crippen LogP contribution in [0.4, 0.5) is 32.0 Å². The lowest BCUT2D eigenvalue weighted by Gasteiger charge is -2.31. The Morgan fingerprint density at radius 3 is 2.01 bits per heavy atom. The highest BCUT2D eigenvalue weighted by Gasteiger charge is 2.37. The second-order valence-corrected chi connectivity index (χ2v) is 22.0. The SMILES string of the molecule is CCc1cccc(C)c1N(C(=O)CCl)C(C)COC.CS(=O)(=O)c1cc(C(F)(F)F)ccc1C(=O)c1cnoc1C1CC1.C[C@H](OC(=O)c1cc(Oc2ccc(C(F)(F)F)cc2Cl)ccc1Cl)C(=O)O.O=C(O)CNCP(=O)(O)O. The average molecular weight is 1240 g/mol. The monoisotopic (exact) mass is 1230 g/mol. The third-order valence-electron chi connectivity index (χ3n) is 10.8. The Kier molecular flexibility index (Phi) is 25.2. The maximum Gasteiger partial charge on any atom is 0.416 e. The summed E-state index contributed by atoms with van der Waals surface area (Å²) in [5, 5.41) is 22.1. The van der Waals surface area contributed by atoms with Crippen LogP contribution in [0.25, 0.3) is 0 Å². The molecule has 1 heterocycles. The summed E-state index contributed by atoms with van der Waals surface area (Å²) in [6, 6.07) is 14.4. The summed E-state index contributed by atoms with van der Waals surface area (Å²) in [7, 11) is -6.50. The molecular formula is C50H53Cl3F6N3O16PS. The van der Waals surface area contributed by atoms with Crippen molar-refractivity contribution in [3.63, 3.8) is 0 Å². The maximum atomic E-state index is 12.8. The smallest absolute Gasteiger partial charge is 0.416 e. The van der Waals surface area contributed by atoms with Gasteiger partial charge >= 0.3 is 37.9 Å². The van der Waals surface area contributed by atoms with E-state index < -0.39 is 88.4 Å². The number of esters is 1. The zero-order valence-electron chi connectivity index (χ0n) is 43.0. The molecule has 1 aromatic heterocycles. The number of ketones is 1. The van der Waals surface area contributed by atoms with Crippen LogP contribution < -0.4 is 15.0 Å². The number of carboxylic acid groups (broad SMARTS) is 2. The number of aromatic nitrogens is 1. The molecule has 1 unspecified atom stereocenters. The van der Waals surface area contributed by atoms with Crippen molar-refractivity contribution in [3.05, 3.63) is 134 Å². The summed E-state index contributed by atoms with van der Waals surface area (Å²) in [6.45, 7) is 7.28. The van der Waals surface area contributed by atoms with Gasteiger partial charge < -0.3 is 43.6 Å². The Bertz CT molecular complexity index is 3170. The molecule has 80 heavy (non-hydrogen) atoms. The molecule has 0 radical (unpaired) electrons. The second-order valence-electron chi connectivity index (χ2n) is 17.2. The molecule has 1 aliphatic rings. The quantitative estimate of drug-likeness (QED) is 0.0169. The molecule has 1 saturated carbocycles. The number of sulfone groups is 1. The van der Waals surface area contributed by atoms with Gasteiger partial charge in [0, 0.05) is 24.8 Å². The first-order chi connectivity index (χ1) is 37.1. The van der Waals surface area contributed by atoms with Crippen LogP contribution in [-0.4, -0.2) is 114 Å². The van der Waals surface area contributed by atoms with Crippen molar-refractivity contribution in [2.24, 2.45) is 0 Å². The third-order valence-corrected chi connectivity index (χ3v) is 13.4. The number of aliphatic carboxylic acids is 2. The van der Waals surface area contributed by atoms with E-state index in [0.29, 0.717) is 30.6 Å². The van der Waals surface area contributed by atoms with E-state index in [4.69, 9.17) is 73.5 Å². The summed E-state index contributed by atoms with van der Waals surface area (Å²) < 4.78 is 131. The number of ether oxygens (including phenoxy) is 3. The van der Waals surface area contributed by atoms with E-state index in [1.807, 2.05) is 26.0 Å². The number of nitrogens with one attached hydrogen (secondary N) is 1. The van der Waals surface area contributed by atoms with Crippen LogP contribution in [0.2, 0.25) is 10.0 Å². The standard InChI is InChI=1S/C17H11Cl2F3O5.C15H22ClNO2.C15H12F3NO4S.C3H8NO5P/c1-8(15(23)24)26-16(25)11-7-10(3-4-12(11)18)27-14-5-2-9(6-13(14)19)17(20,21)22;1-5-13-8-6-7-11(2)15(13)17(14(18)9-16)12(3)10-19-4;1-24(21,22)12-6-9(15(16,17)18)4-5-10(12)13(20)11-7-19-23-14(11)8-2-3-8;5-3(6)1-4-2-10(7,8)9/h2-8H,1H3,(H,23,24);6-8,12H,5,9-10H2,1-4H3;4-8H,2-3H2,1H3;4H,1-2H2,(H,5,6)(H2,7,8,9)/t8-;;;/m0.../s1. The number of nitrogens with zero attached hydrogens (tertiary/aromatic N) is 2. The lowest BCUT2D eigenvalue weighted by Crippen LogP contribution is -2.43. The number of rotatable bonds is 19. The number of carbonyl (C=O) groups excluding carboxylic acids is 3. The van der Waals surface area contributed by atoms with Gasteiger partial charge in [0.05, 0.1) is 74.6 Å². The number of halogens is 9. The van der Waals surface area contributed by atoms with E-state index in [-0.39, 0.29) is 62.0 Å². The van der Waals surface area contributed by atoms with E-state index in [0.717, 1.165) is 73.5 Å². The molecule has 5 aromatic rings. The van der Waals surface area contributed by atoms with Crippen LogP contribution in [0.1, 0.15) is 93.8 Å². The fourth-order valence-electron chi connectivity index (χ4n) is 6.91. The highest BCUT2D eigenvalue weighted by Crippen LogP contribution is 2.43. The Morgan fingerprint density at radius 2 is 1.50 bits per heavy atom. The highest BCUT2D eigenvalue weighted by molar-refractivity contribution is 7.90. The number of carboxylic acids is 2. The number of aryl methyl sites for hydroxylation is 2.